The van der Waals surface area contributed by atoms with Gasteiger partial charge in [-0.15, -0.1) is 0 Å². The Hall–Kier alpha value is -1.32. The van der Waals surface area contributed by atoms with Gasteiger partial charge in [-0.3, -0.25) is 4.68 Å². The Kier molecular flexibility index (Phi) is 6.47. The first-order chi connectivity index (χ1) is 8.65. The lowest BCUT2D eigenvalue weighted by Crippen LogP contribution is -1.99. The molecule has 1 N–H and O–H groups in total. The molecule has 18 heavy (non-hydrogen) atoms. The van der Waals surface area contributed by atoms with Gasteiger partial charge in [0.15, 0.2) is 0 Å². The lowest BCUT2D eigenvalue weighted by Gasteiger charge is -2.02. The van der Waals surface area contributed by atoms with Crippen LogP contribution in [0.4, 0.5) is 0 Å². The molecular formula is C14H24N2O2. The van der Waals surface area contributed by atoms with Gasteiger partial charge in [0, 0.05) is 12.7 Å². The van der Waals surface area contributed by atoms with Crippen LogP contribution in [0.5, 0.6) is 0 Å². The van der Waals surface area contributed by atoms with E-state index in [-0.39, 0.29) is 0 Å². The predicted molar refractivity (Wildman–Crippen MR) is 71.9 cm³/mol. The molecule has 102 valence electrons. The first-order valence-electron chi connectivity index (χ1n) is 6.92. The van der Waals surface area contributed by atoms with Gasteiger partial charge in [0.1, 0.15) is 5.56 Å². The summed E-state index contributed by atoms with van der Waals surface area (Å²) in [5.41, 5.74) is 0.920. The molecule has 1 heterocycles. The quantitative estimate of drug-likeness (QED) is 0.683. The average Bonchev–Trinajstić information content (AvgIpc) is 2.69. The van der Waals surface area contributed by atoms with Crippen LogP contribution in [-0.4, -0.2) is 20.9 Å². The first-order valence-corrected chi connectivity index (χ1v) is 6.92. The number of hydrogen-bond donors (Lipinski definition) is 1. The number of carboxylic acids is 1. The lowest BCUT2D eigenvalue weighted by atomic mass is 10.1. The zero-order valence-electron chi connectivity index (χ0n) is 11.5. The van der Waals surface area contributed by atoms with E-state index in [1.165, 1.54) is 38.5 Å². The second-order valence-corrected chi connectivity index (χ2v) is 4.82. The lowest BCUT2D eigenvalue weighted by molar-refractivity contribution is 0.0696. The van der Waals surface area contributed by atoms with E-state index in [2.05, 4.69) is 12.0 Å². The molecule has 0 aliphatic heterocycles. The Bertz CT molecular complexity index is 372. The largest absolute Gasteiger partial charge is 0.478 e. The molecule has 0 saturated carbocycles. The highest BCUT2D eigenvalue weighted by atomic mass is 16.4. The van der Waals surface area contributed by atoms with Gasteiger partial charge < -0.3 is 5.11 Å². The highest BCUT2D eigenvalue weighted by Crippen LogP contribution is 2.09. The van der Waals surface area contributed by atoms with Gasteiger partial charge in [0.2, 0.25) is 0 Å². The summed E-state index contributed by atoms with van der Waals surface area (Å²) in [4.78, 5) is 10.9. The van der Waals surface area contributed by atoms with E-state index in [0.29, 0.717) is 11.3 Å². The van der Waals surface area contributed by atoms with Crippen LogP contribution in [0.15, 0.2) is 6.20 Å². The number of aromatic nitrogens is 2. The molecule has 0 atom stereocenters. The maximum absolute atomic E-state index is 10.9. The van der Waals surface area contributed by atoms with E-state index in [1.807, 2.05) is 0 Å². The molecule has 0 spiro atoms. The molecule has 1 aromatic rings. The van der Waals surface area contributed by atoms with Crippen LogP contribution < -0.4 is 0 Å². The molecule has 4 heteroatoms. The summed E-state index contributed by atoms with van der Waals surface area (Å²) in [6, 6.07) is 0. The van der Waals surface area contributed by atoms with Crippen LogP contribution in [0.2, 0.25) is 0 Å². The standard InChI is InChI=1S/C14H24N2O2/c1-3-4-5-6-7-8-9-10-16-11-13(14(17)18)12(2)15-16/h11H,3-10H2,1-2H3,(H,17,18). The Balaban J connectivity index is 2.19. The van der Waals surface area contributed by atoms with E-state index in [9.17, 15) is 4.79 Å². The van der Waals surface area contributed by atoms with Gasteiger partial charge in [-0.25, -0.2) is 4.79 Å². The molecule has 0 aliphatic rings. The monoisotopic (exact) mass is 252 g/mol. The fourth-order valence-electron chi connectivity index (χ4n) is 2.07. The molecule has 0 aliphatic carbocycles. The molecule has 0 aromatic carbocycles. The number of nitrogens with zero attached hydrogens (tertiary/aromatic N) is 2. The van der Waals surface area contributed by atoms with E-state index >= 15 is 0 Å². The van der Waals surface area contributed by atoms with Crippen LogP contribution >= 0.6 is 0 Å². The molecule has 0 bridgehead atoms. The average molecular weight is 252 g/mol. The Labute approximate surface area is 109 Å². The first kappa shape index (κ1) is 14.7. The van der Waals surface area contributed by atoms with Crippen molar-refractivity contribution in [3.8, 4) is 0 Å². The molecule has 0 unspecified atom stereocenters. The van der Waals surface area contributed by atoms with Crippen molar-refractivity contribution in [2.45, 2.75) is 65.3 Å². The van der Waals surface area contributed by atoms with Gasteiger partial charge in [0.05, 0.1) is 5.69 Å². The third-order valence-electron chi connectivity index (χ3n) is 3.17. The van der Waals surface area contributed by atoms with Crippen molar-refractivity contribution in [3.05, 3.63) is 17.5 Å². The van der Waals surface area contributed by atoms with E-state index < -0.39 is 5.97 Å². The zero-order chi connectivity index (χ0) is 13.4. The molecular weight excluding hydrogens is 228 g/mol. The van der Waals surface area contributed by atoms with Crippen LogP contribution in [-0.2, 0) is 6.54 Å². The third kappa shape index (κ3) is 4.90. The fraction of sp³-hybridized carbons (Fsp3) is 0.714. The second kappa shape index (κ2) is 7.90. The molecule has 1 rings (SSSR count). The molecule has 4 nitrogen and oxygen atoms in total. The minimum absolute atomic E-state index is 0.318. The van der Waals surface area contributed by atoms with Crippen LogP contribution in [0, 0.1) is 6.92 Å². The number of rotatable bonds is 9. The van der Waals surface area contributed by atoms with Crippen molar-refractivity contribution >= 4 is 5.97 Å². The van der Waals surface area contributed by atoms with Gasteiger partial charge in [-0.1, -0.05) is 45.4 Å². The Morgan fingerprint density at radius 2 is 1.83 bits per heavy atom. The summed E-state index contributed by atoms with van der Waals surface area (Å²) in [6.45, 7) is 4.78. The van der Waals surface area contributed by atoms with Gasteiger partial charge in [0.25, 0.3) is 0 Å². The summed E-state index contributed by atoms with van der Waals surface area (Å²) in [5.74, 6) is -0.890. The predicted octanol–water partition coefficient (Wildman–Crippen LogP) is 3.64. The maximum Gasteiger partial charge on any atom is 0.339 e. The summed E-state index contributed by atoms with van der Waals surface area (Å²) < 4.78 is 1.75. The molecule has 0 amide bonds. The van der Waals surface area contributed by atoms with Crippen LogP contribution in [0.25, 0.3) is 0 Å². The summed E-state index contributed by atoms with van der Waals surface area (Å²) in [7, 11) is 0. The minimum Gasteiger partial charge on any atom is -0.478 e. The third-order valence-corrected chi connectivity index (χ3v) is 3.17. The number of hydrogen-bond acceptors (Lipinski definition) is 2. The van der Waals surface area contributed by atoms with Crippen LogP contribution in [0.1, 0.15) is 67.9 Å². The van der Waals surface area contributed by atoms with Crippen molar-refractivity contribution in [1.29, 1.82) is 0 Å². The van der Waals surface area contributed by atoms with Crippen molar-refractivity contribution < 1.29 is 9.90 Å². The number of unbranched alkanes of at least 4 members (excludes halogenated alkanes) is 6. The van der Waals surface area contributed by atoms with E-state index in [1.54, 1.807) is 17.8 Å². The van der Waals surface area contributed by atoms with Crippen molar-refractivity contribution in [1.82, 2.24) is 9.78 Å². The normalized spacial score (nSPS) is 10.8. The topological polar surface area (TPSA) is 55.1 Å². The number of aryl methyl sites for hydroxylation is 2. The summed E-state index contributed by atoms with van der Waals surface area (Å²) >= 11 is 0. The van der Waals surface area contributed by atoms with E-state index in [0.717, 1.165) is 13.0 Å². The van der Waals surface area contributed by atoms with Crippen molar-refractivity contribution in [2.75, 3.05) is 0 Å². The second-order valence-electron chi connectivity index (χ2n) is 4.82. The van der Waals surface area contributed by atoms with Gasteiger partial charge in [-0.05, 0) is 13.3 Å². The number of carbonyl (C=O) groups is 1. The summed E-state index contributed by atoms with van der Waals surface area (Å²) in [5, 5.41) is 13.1. The smallest absolute Gasteiger partial charge is 0.339 e. The zero-order valence-corrected chi connectivity index (χ0v) is 11.5. The number of aromatic carboxylic acids is 1. The van der Waals surface area contributed by atoms with Crippen molar-refractivity contribution in [3.63, 3.8) is 0 Å². The fourth-order valence-corrected chi connectivity index (χ4v) is 2.07. The minimum atomic E-state index is -0.890. The Morgan fingerprint density at radius 3 is 2.39 bits per heavy atom. The Morgan fingerprint density at radius 1 is 1.22 bits per heavy atom. The van der Waals surface area contributed by atoms with Crippen LogP contribution in [0.3, 0.4) is 0 Å². The van der Waals surface area contributed by atoms with Crippen molar-refractivity contribution in [2.24, 2.45) is 0 Å². The molecule has 0 saturated heterocycles. The van der Waals surface area contributed by atoms with E-state index in [4.69, 9.17) is 5.11 Å². The maximum atomic E-state index is 10.9. The molecule has 0 fully saturated rings. The highest BCUT2D eigenvalue weighted by molar-refractivity contribution is 5.88. The molecule has 0 radical (unpaired) electrons. The van der Waals surface area contributed by atoms with Gasteiger partial charge >= 0.3 is 5.97 Å². The SMILES string of the molecule is CCCCCCCCCn1cc(C(=O)O)c(C)n1. The van der Waals surface area contributed by atoms with Gasteiger partial charge in [-0.2, -0.15) is 5.10 Å². The summed E-state index contributed by atoms with van der Waals surface area (Å²) in [6.07, 6.45) is 10.4. The number of carboxylic acid groups (broad SMARTS) is 1. The molecule has 1 aromatic heterocycles. The highest BCUT2D eigenvalue weighted by Gasteiger charge is 2.10.